The van der Waals surface area contributed by atoms with E-state index >= 15 is 0 Å². The second-order valence-electron chi connectivity index (χ2n) is 5.72. The molecule has 11 heteroatoms. The fourth-order valence-corrected chi connectivity index (χ4v) is 3.33. The highest BCUT2D eigenvalue weighted by molar-refractivity contribution is 7.14. The Morgan fingerprint density at radius 1 is 1.56 bits per heavy atom. The molecule has 0 bridgehead atoms. The van der Waals surface area contributed by atoms with Gasteiger partial charge in [-0.25, -0.2) is 9.18 Å². The van der Waals surface area contributed by atoms with Crippen molar-refractivity contribution in [1.29, 1.82) is 0 Å². The van der Waals surface area contributed by atoms with Crippen molar-refractivity contribution < 1.29 is 23.9 Å². The van der Waals surface area contributed by atoms with Gasteiger partial charge in [0.25, 0.3) is 0 Å². The number of carbonyl (C=O) groups excluding carboxylic acids is 2. The van der Waals surface area contributed by atoms with E-state index in [9.17, 15) is 14.0 Å². The molecule has 27 heavy (non-hydrogen) atoms. The summed E-state index contributed by atoms with van der Waals surface area (Å²) in [6.07, 6.45) is 0.463. The average Bonchev–Trinajstić information content (AvgIpc) is 3.24. The Morgan fingerprint density at radius 3 is 3.07 bits per heavy atom. The third-order valence-corrected chi connectivity index (χ3v) is 4.74. The highest BCUT2D eigenvalue weighted by Crippen LogP contribution is 2.30. The van der Waals surface area contributed by atoms with Crippen LogP contribution in [0.3, 0.4) is 0 Å². The zero-order chi connectivity index (χ0) is 19.4. The number of anilines is 1. The van der Waals surface area contributed by atoms with Crippen molar-refractivity contribution in [1.82, 2.24) is 15.5 Å². The summed E-state index contributed by atoms with van der Waals surface area (Å²) in [4.78, 5) is 24.3. The summed E-state index contributed by atoms with van der Waals surface area (Å²) >= 11 is 1.18. The Hall–Kier alpha value is -3.08. The van der Waals surface area contributed by atoms with E-state index in [1.807, 2.05) is 0 Å². The molecule has 3 rings (SSSR count). The number of amides is 2. The van der Waals surface area contributed by atoms with Crippen LogP contribution < -0.4 is 10.2 Å². The molecule has 1 atom stereocenters. The lowest BCUT2D eigenvalue weighted by Gasteiger charge is -2.14. The summed E-state index contributed by atoms with van der Waals surface area (Å²) in [6.45, 7) is 1.78. The van der Waals surface area contributed by atoms with Crippen molar-refractivity contribution in [3.63, 3.8) is 0 Å². The van der Waals surface area contributed by atoms with E-state index in [0.29, 0.717) is 22.1 Å². The summed E-state index contributed by atoms with van der Waals surface area (Å²) in [5.41, 5.74) is 0.606. The van der Waals surface area contributed by atoms with Gasteiger partial charge in [0, 0.05) is 18.9 Å². The molecule has 9 nitrogen and oxygen atoms in total. The van der Waals surface area contributed by atoms with Crippen molar-refractivity contribution >= 4 is 35.2 Å². The number of oxime groups is 1. The first kappa shape index (κ1) is 18.7. The number of carbonyl (C=O) groups is 2. The normalized spacial score (nSPS) is 16.7. The highest BCUT2D eigenvalue weighted by atomic mass is 32.1. The summed E-state index contributed by atoms with van der Waals surface area (Å²) in [6, 6.07) is 4.34. The van der Waals surface area contributed by atoms with Gasteiger partial charge >= 0.3 is 6.09 Å². The van der Waals surface area contributed by atoms with Gasteiger partial charge in [-0.3, -0.25) is 9.69 Å². The number of hydrogen-bond acceptors (Lipinski definition) is 8. The zero-order valence-electron chi connectivity index (χ0n) is 14.3. The summed E-state index contributed by atoms with van der Waals surface area (Å²) in [5.74, 6) is -0.772. The Balaban J connectivity index is 1.74. The van der Waals surface area contributed by atoms with Crippen molar-refractivity contribution in [3.8, 4) is 10.6 Å². The standard InChI is InChI=1S/C16H16FN5O4S/c1-9(23)18-7-11-8-22(16(24)26-11)10-2-3-12(13(17)6-10)15-21-20-14(27-15)4-5-19-25/h2-3,5-6,11,25H,4,7-8H2,1H3,(H,18,23)/t11-/m0/s1. The molecule has 1 aromatic carbocycles. The van der Waals surface area contributed by atoms with Crippen LogP contribution in [0.25, 0.3) is 10.6 Å². The highest BCUT2D eigenvalue weighted by Gasteiger charge is 2.32. The third-order valence-electron chi connectivity index (χ3n) is 3.76. The van der Waals surface area contributed by atoms with Gasteiger partial charge in [0.05, 0.1) is 25.0 Å². The van der Waals surface area contributed by atoms with Gasteiger partial charge in [0.15, 0.2) is 5.01 Å². The maximum absolute atomic E-state index is 14.6. The molecule has 0 radical (unpaired) electrons. The molecule has 0 unspecified atom stereocenters. The van der Waals surface area contributed by atoms with Crippen LogP contribution >= 0.6 is 11.3 Å². The molecular formula is C16H16FN5O4S. The van der Waals surface area contributed by atoms with E-state index in [2.05, 4.69) is 20.7 Å². The first-order valence-electron chi connectivity index (χ1n) is 7.98. The summed E-state index contributed by atoms with van der Waals surface area (Å²) < 4.78 is 19.7. The van der Waals surface area contributed by atoms with Crippen LogP contribution in [0.2, 0.25) is 0 Å². The van der Waals surface area contributed by atoms with Crippen LogP contribution in [0.15, 0.2) is 23.4 Å². The number of cyclic esters (lactones) is 1. The van der Waals surface area contributed by atoms with Crippen molar-refractivity contribution in [2.24, 2.45) is 5.16 Å². The second-order valence-corrected chi connectivity index (χ2v) is 6.78. The molecule has 1 aliphatic heterocycles. The molecule has 0 spiro atoms. The first-order valence-corrected chi connectivity index (χ1v) is 8.80. The number of benzene rings is 1. The minimum Gasteiger partial charge on any atom is -0.442 e. The van der Waals surface area contributed by atoms with Crippen molar-refractivity contribution in [2.45, 2.75) is 19.4 Å². The lowest BCUT2D eigenvalue weighted by Crippen LogP contribution is -2.33. The number of ether oxygens (including phenoxy) is 1. The van der Waals surface area contributed by atoms with Gasteiger partial charge in [-0.15, -0.1) is 15.4 Å². The van der Waals surface area contributed by atoms with E-state index in [0.717, 1.165) is 0 Å². The SMILES string of the molecule is CC(=O)NC[C@H]1CN(c2ccc(-c3nnc(CC=NO)s3)c(F)c2)C(=O)O1. The maximum atomic E-state index is 14.6. The molecule has 2 heterocycles. The summed E-state index contributed by atoms with van der Waals surface area (Å²) in [5, 5.41) is 22.7. The predicted octanol–water partition coefficient (Wildman–Crippen LogP) is 1.81. The zero-order valence-corrected chi connectivity index (χ0v) is 15.1. The van der Waals surface area contributed by atoms with Gasteiger partial charge in [0.2, 0.25) is 5.91 Å². The van der Waals surface area contributed by atoms with Gasteiger partial charge < -0.3 is 15.3 Å². The number of nitrogens with one attached hydrogen (secondary N) is 1. The summed E-state index contributed by atoms with van der Waals surface area (Å²) in [7, 11) is 0. The largest absolute Gasteiger partial charge is 0.442 e. The van der Waals surface area contributed by atoms with Crippen molar-refractivity contribution in [3.05, 3.63) is 29.0 Å². The van der Waals surface area contributed by atoms with Crippen LogP contribution in [0.4, 0.5) is 14.9 Å². The lowest BCUT2D eigenvalue weighted by molar-refractivity contribution is -0.119. The minimum atomic E-state index is -0.598. The molecule has 2 amide bonds. The van der Waals surface area contributed by atoms with Gasteiger partial charge in [-0.2, -0.15) is 0 Å². The molecule has 1 aromatic heterocycles. The van der Waals surface area contributed by atoms with Crippen LogP contribution in [0.5, 0.6) is 0 Å². The van der Waals surface area contributed by atoms with Gasteiger partial charge in [-0.1, -0.05) is 11.3 Å². The topological polar surface area (TPSA) is 117 Å². The van der Waals surface area contributed by atoms with E-state index in [-0.39, 0.29) is 24.6 Å². The lowest BCUT2D eigenvalue weighted by atomic mass is 10.2. The first-order chi connectivity index (χ1) is 13.0. The molecule has 1 saturated heterocycles. The number of aromatic nitrogens is 2. The molecule has 142 valence electrons. The molecule has 0 saturated carbocycles. The fraction of sp³-hybridized carbons (Fsp3) is 0.312. The van der Waals surface area contributed by atoms with Crippen LogP contribution in [0.1, 0.15) is 11.9 Å². The molecule has 2 N–H and O–H groups in total. The van der Waals surface area contributed by atoms with Crippen LogP contribution in [-0.4, -0.2) is 52.8 Å². The van der Waals surface area contributed by atoms with Crippen LogP contribution in [0, 0.1) is 5.82 Å². The minimum absolute atomic E-state index is 0.197. The van der Waals surface area contributed by atoms with Crippen LogP contribution in [-0.2, 0) is 16.0 Å². The van der Waals surface area contributed by atoms with E-state index < -0.39 is 18.0 Å². The second kappa shape index (κ2) is 8.08. The third kappa shape index (κ3) is 4.37. The van der Waals surface area contributed by atoms with Gasteiger partial charge in [-0.05, 0) is 18.2 Å². The average molecular weight is 393 g/mol. The quantitative estimate of drug-likeness (QED) is 0.439. The van der Waals surface area contributed by atoms with E-state index in [1.54, 1.807) is 6.07 Å². The number of hydrogen-bond donors (Lipinski definition) is 2. The van der Waals surface area contributed by atoms with E-state index in [1.165, 1.54) is 41.5 Å². The number of halogens is 1. The molecule has 2 aromatic rings. The van der Waals surface area contributed by atoms with Crippen molar-refractivity contribution in [2.75, 3.05) is 18.0 Å². The Bertz CT molecular complexity index is 887. The molecule has 0 aliphatic carbocycles. The van der Waals surface area contributed by atoms with Gasteiger partial charge in [0.1, 0.15) is 16.9 Å². The molecular weight excluding hydrogens is 377 g/mol. The smallest absolute Gasteiger partial charge is 0.414 e. The predicted molar refractivity (Wildman–Crippen MR) is 95.6 cm³/mol. The molecule has 1 aliphatic rings. The fourth-order valence-electron chi connectivity index (χ4n) is 2.51. The monoisotopic (exact) mass is 393 g/mol. The molecule has 1 fully saturated rings. The number of rotatable bonds is 6. The van der Waals surface area contributed by atoms with E-state index in [4.69, 9.17) is 9.94 Å². The maximum Gasteiger partial charge on any atom is 0.414 e. The number of nitrogens with zero attached hydrogens (tertiary/aromatic N) is 4. The Labute approximate surface area is 157 Å². The Morgan fingerprint density at radius 2 is 2.37 bits per heavy atom. The Kier molecular flexibility index (Phi) is 5.60.